The second-order valence-electron chi connectivity index (χ2n) is 4.65. The maximum atomic E-state index is 6.04. The summed E-state index contributed by atoms with van der Waals surface area (Å²) in [6, 6.07) is 0.678. The van der Waals surface area contributed by atoms with Crippen molar-refractivity contribution in [1.29, 1.82) is 0 Å². The first-order valence-corrected chi connectivity index (χ1v) is 5.42. The molecule has 1 aliphatic carbocycles. The number of hydrogen-bond donors (Lipinski definition) is 1. The molecular weight excluding hydrogens is 162 g/mol. The van der Waals surface area contributed by atoms with Crippen LogP contribution in [0.25, 0.3) is 0 Å². The Morgan fingerprint density at radius 1 is 1.38 bits per heavy atom. The summed E-state index contributed by atoms with van der Waals surface area (Å²) in [6.07, 6.45) is 5.23. The summed E-state index contributed by atoms with van der Waals surface area (Å²) in [4.78, 5) is 0. The van der Waals surface area contributed by atoms with E-state index >= 15 is 0 Å². The SMILES string of the molecule is CCC(C)(C)OC1CCC(NC)C1. The molecule has 1 fully saturated rings. The van der Waals surface area contributed by atoms with E-state index in [9.17, 15) is 0 Å². The highest BCUT2D eigenvalue weighted by Crippen LogP contribution is 2.27. The van der Waals surface area contributed by atoms with Crippen molar-refractivity contribution in [2.24, 2.45) is 0 Å². The van der Waals surface area contributed by atoms with Gasteiger partial charge in [0.25, 0.3) is 0 Å². The molecule has 2 unspecified atom stereocenters. The van der Waals surface area contributed by atoms with Crippen LogP contribution in [0.2, 0.25) is 0 Å². The molecule has 0 aromatic carbocycles. The number of rotatable bonds is 4. The fourth-order valence-electron chi connectivity index (χ4n) is 1.84. The van der Waals surface area contributed by atoms with Crippen molar-refractivity contribution in [2.45, 2.75) is 64.2 Å². The summed E-state index contributed by atoms with van der Waals surface area (Å²) < 4.78 is 6.04. The molecule has 1 aliphatic rings. The molecule has 2 atom stereocenters. The Bertz CT molecular complexity index is 156. The molecule has 0 bridgehead atoms. The first-order chi connectivity index (χ1) is 6.07. The van der Waals surface area contributed by atoms with E-state index in [4.69, 9.17) is 4.74 Å². The number of nitrogens with one attached hydrogen (secondary N) is 1. The van der Waals surface area contributed by atoms with Crippen LogP contribution in [0.15, 0.2) is 0 Å². The molecule has 13 heavy (non-hydrogen) atoms. The third-order valence-corrected chi connectivity index (χ3v) is 3.13. The molecule has 1 saturated carbocycles. The van der Waals surface area contributed by atoms with Gasteiger partial charge in [-0.1, -0.05) is 6.92 Å². The lowest BCUT2D eigenvalue weighted by atomic mass is 10.1. The van der Waals surface area contributed by atoms with Crippen LogP contribution in [0, 0.1) is 0 Å². The van der Waals surface area contributed by atoms with E-state index in [1.54, 1.807) is 0 Å². The normalized spacial score (nSPS) is 29.5. The standard InChI is InChI=1S/C11H23NO/c1-5-11(2,3)13-10-7-6-9(8-10)12-4/h9-10,12H,5-8H2,1-4H3. The van der Waals surface area contributed by atoms with Gasteiger partial charge in [0.1, 0.15) is 0 Å². The molecule has 2 nitrogen and oxygen atoms in total. The van der Waals surface area contributed by atoms with Gasteiger partial charge in [0.15, 0.2) is 0 Å². The van der Waals surface area contributed by atoms with E-state index in [0.29, 0.717) is 12.1 Å². The largest absolute Gasteiger partial charge is 0.372 e. The first kappa shape index (κ1) is 11.0. The maximum Gasteiger partial charge on any atom is 0.0627 e. The van der Waals surface area contributed by atoms with Crippen LogP contribution < -0.4 is 5.32 Å². The molecule has 0 amide bonds. The van der Waals surface area contributed by atoms with Crippen LogP contribution in [0.1, 0.15) is 46.5 Å². The van der Waals surface area contributed by atoms with Crippen molar-refractivity contribution in [2.75, 3.05) is 7.05 Å². The Kier molecular flexibility index (Phi) is 3.74. The summed E-state index contributed by atoms with van der Waals surface area (Å²) in [5, 5.41) is 3.32. The average molecular weight is 185 g/mol. The van der Waals surface area contributed by atoms with E-state index in [-0.39, 0.29) is 5.60 Å². The minimum absolute atomic E-state index is 0.0628. The molecule has 0 saturated heterocycles. The lowest BCUT2D eigenvalue weighted by molar-refractivity contribution is -0.0704. The predicted octanol–water partition coefficient (Wildman–Crippen LogP) is 2.33. The maximum absolute atomic E-state index is 6.04. The number of hydrogen-bond acceptors (Lipinski definition) is 2. The topological polar surface area (TPSA) is 21.3 Å². The van der Waals surface area contributed by atoms with Crippen molar-refractivity contribution in [3.05, 3.63) is 0 Å². The minimum Gasteiger partial charge on any atom is -0.372 e. The fourth-order valence-corrected chi connectivity index (χ4v) is 1.84. The van der Waals surface area contributed by atoms with Gasteiger partial charge < -0.3 is 10.1 Å². The fraction of sp³-hybridized carbons (Fsp3) is 1.00. The summed E-state index contributed by atoms with van der Waals surface area (Å²) in [5.74, 6) is 0. The second-order valence-corrected chi connectivity index (χ2v) is 4.65. The highest BCUT2D eigenvalue weighted by molar-refractivity contribution is 4.82. The van der Waals surface area contributed by atoms with E-state index in [1.165, 1.54) is 19.3 Å². The van der Waals surface area contributed by atoms with Gasteiger partial charge in [-0.15, -0.1) is 0 Å². The number of ether oxygens (including phenoxy) is 1. The highest BCUT2D eigenvalue weighted by atomic mass is 16.5. The van der Waals surface area contributed by atoms with Crippen molar-refractivity contribution < 1.29 is 4.74 Å². The Morgan fingerprint density at radius 2 is 2.08 bits per heavy atom. The van der Waals surface area contributed by atoms with Gasteiger partial charge in [-0.25, -0.2) is 0 Å². The summed E-state index contributed by atoms with van der Waals surface area (Å²) in [6.45, 7) is 6.55. The predicted molar refractivity (Wildman–Crippen MR) is 55.9 cm³/mol. The molecule has 0 aliphatic heterocycles. The lowest BCUT2D eigenvalue weighted by Crippen LogP contribution is -2.30. The quantitative estimate of drug-likeness (QED) is 0.726. The van der Waals surface area contributed by atoms with Gasteiger partial charge in [0, 0.05) is 6.04 Å². The smallest absolute Gasteiger partial charge is 0.0627 e. The highest BCUT2D eigenvalue weighted by Gasteiger charge is 2.28. The Balaban J connectivity index is 2.31. The molecule has 0 spiro atoms. The Morgan fingerprint density at radius 3 is 2.54 bits per heavy atom. The van der Waals surface area contributed by atoms with Crippen LogP contribution in [-0.4, -0.2) is 24.8 Å². The van der Waals surface area contributed by atoms with Crippen molar-refractivity contribution in [1.82, 2.24) is 5.32 Å². The van der Waals surface area contributed by atoms with Crippen LogP contribution >= 0.6 is 0 Å². The summed E-state index contributed by atoms with van der Waals surface area (Å²) in [5.41, 5.74) is 0.0628. The van der Waals surface area contributed by atoms with Crippen LogP contribution in [-0.2, 0) is 4.74 Å². The van der Waals surface area contributed by atoms with Gasteiger partial charge in [-0.3, -0.25) is 0 Å². The van der Waals surface area contributed by atoms with Crippen molar-refractivity contribution in [3.8, 4) is 0 Å². The molecule has 1 rings (SSSR count). The molecule has 0 radical (unpaired) electrons. The zero-order valence-corrected chi connectivity index (χ0v) is 9.39. The monoisotopic (exact) mass is 185 g/mol. The zero-order valence-electron chi connectivity index (χ0n) is 9.39. The van der Waals surface area contributed by atoms with Crippen LogP contribution in [0.3, 0.4) is 0 Å². The zero-order chi connectivity index (χ0) is 9.90. The van der Waals surface area contributed by atoms with Crippen molar-refractivity contribution >= 4 is 0 Å². The van der Waals surface area contributed by atoms with Gasteiger partial charge in [0.05, 0.1) is 11.7 Å². The van der Waals surface area contributed by atoms with Crippen LogP contribution in [0.4, 0.5) is 0 Å². The minimum atomic E-state index is 0.0628. The third-order valence-electron chi connectivity index (χ3n) is 3.13. The summed E-state index contributed by atoms with van der Waals surface area (Å²) >= 11 is 0. The van der Waals surface area contributed by atoms with Gasteiger partial charge >= 0.3 is 0 Å². The molecular formula is C11H23NO. The third kappa shape index (κ3) is 3.28. The lowest BCUT2D eigenvalue weighted by Gasteiger charge is -2.28. The van der Waals surface area contributed by atoms with Gasteiger partial charge in [-0.05, 0) is 46.6 Å². The summed E-state index contributed by atoms with van der Waals surface area (Å²) in [7, 11) is 2.04. The van der Waals surface area contributed by atoms with E-state index in [1.807, 2.05) is 7.05 Å². The molecule has 0 aromatic rings. The second kappa shape index (κ2) is 4.43. The van der Waals surface area contributed by atoms with E-state index in [2.05, 4.69) is 26.1 Å². The van der Waals surface area contributed by atoms with Crippen molar-refractivity contribution in [3.63, 3.8) is 0 Å². The molecule has 78 valence electrons. The Hall–Kier alpha value is -0.0800. The van der Waals surface area contributed by atoms with Crippen LogP contribution in [0.5, 0.6) is 0 Å². The average Bonchev–Trinajstić information content (AvgIpc) is 2.52. The van der Waals surface area contributed by atoms with E-state index < -0.39 is 0 Å². The molecule has 0 aromatic heterocycles. The van der Waals surface area contributed by atoms with E-state index in [0.717, 1.165) is 6.42 Å². The Labute approximate surface area is 82.0 Å². The molecule has 2 heteroatoms. The molecule has 1 N–H and O–H groups in total. The molecule has 0 heterocycles. The first-order valence-electron chi connectivity index (χ1n) is 5.42. The van der Waals surface area contributed by atoms with Gasteiger partial charge in [0.2, 0.25) is 0 Å². The van der Waals surface area contributed by atoms with Gasteiger partial charge in [-0.2, -0.15) is 0 Å².